The number of carbonyl (C=O) groups is 1. The Kier molecular flexibility index (Phi) is 4.71. The number of benzene rings is 1. The van der Waals surface area contributed by atoms with Crippen molar-refractivity contribution in [3.05, 3.63) is 70.5 Å². The van der Waals surface area contributed by atoms with Gasteiger partial charge >= 0.3 is 12.1 Å². The van der Waals surface area contributed by atoms with Gasteiger partial charge in [-0.15, -0.1) is 0 Å². The largest absolute Gasteiger partial charge is 0.439 e. The predicted octanol–water partition coefficient (Wildman–Crippen LogP) is 5.17. The first-order valence-electron chi connectivity index (χ1n) is 6.97. The summed E-state index contributed by atoms with van der Waals surface area (Å²) in [6.07, 6.45) is -3.74. The summed E-state index contributed by atoms with van der Waals surface area (Å²) in [6.45, 7) is 0. The number of halogens is 3. The van der Waals surface area contributed by atoms with Crippen molar-refractivity contribution in [3.63, 3.8) is 0 Å². The fraction of sp³-hybridized carbons (Fsp3) is 0.0588. The highest BCUT2D eigenvalue weighted by Crippen LogP contribution is 2.30. The number of ether oxygens (including phenoxy) is 2. The third kappa shape index (κ3) is 4.36. The highest BCUT2D eigenvalue weighted by molar-refractivity contribution is 7.08. The van der Waals surface area contributed by atoms with Gasteiger partial charge in [-0.25, -0.2) is 9.78 Å². The van der Waals surface area contributed by atoms with E-state index in [1.807, 2.05) is 0 Å². The first-order chi connectivity index (χ1) is 11.9. The van der Waals surface area contributed by atoms with Gasteiger partial charge in [0.1, 0.15) is 11.5 Å². The number of aromatic nitrogens is 1. The van der Waals surface area contributed by atoms with Crippen LogP contribution in [0.2, 0.25) is 0 Å². The molecule has 0 fully saturated rings. The molecule has 0 N–H and O–H groups in total. The molecule has 0 spiro atoms. The van der Waals surface area contributed by atoms with E-state index in [1.54, 1.807) is 16.8 Å². The molecule has 0 unspecified atom stereocenters. The van der Waals surface area contributed by atoms with Crippen LogP contribution in [0.1, 0.15) is 15.9 Å². The molecule has 0 aliphatic carbocycles. The van der Waals surface area contributed by atoms with Crippen LogP contribution in [0, 0.1) is 0 Å². The lowest BCUT2D eigenvalue weighted by Gasteiger charge is -2.08. The average molecular weight is 365 g/mol. The third-order valence-electron chi connectivity index (χ3n) is 3.08. The number of esters is 1. The van der Waals surface area contributed by atoms with Gasteiger partial charge in [0.05, 0.1) is 11.1 Å². The lowest BCUT2D eigenvalue weighted by molar-refractivity contribution is -0.137. The summed E-state index contributed by atoms with van der Waals surface area (Å²) in [5.74, 6) is 0.224. The van der Waals surface area contributed by atoms with Gasteiger partial charge in [0.2, 0.25) is 5.88 Å². The first-order valence-corrected chi connectivity index (χ1v) is 7.91. The number of rotatable bonds is 4. The molecule has 0 bridgehead atoms. The predicted molar refractivity (Wildman–Crippen MR) is 85.0 cm³/mol. The molecule has 8 heteroatoms. The zero-order chi connectivity index (χ0) is 17.9. The standard InChI is InChI=1S/C17H10F3NO3S/c18-17(19,20)12-1-6-15(21-9-12)23-13-2-4-14(5-3-13)24-16(22)11-7-8-25-10-11/h1-10H. The Balaban J connectivity index is 1.63. The highest BCUT2D eigenvalue weighted by Gasteiger charge is 2.30. The topological polar surface area (TPSA) is 48.4 Å². The van der Waals surface area contributed by atoms with E-state index in [4.69, 9.17) is 9.47 Å². The van der Waals surface area contributed by atoms with Crippen molar-refractivity contribution in [1.82, 2.24) is 4.98 Å². The van der Waals surface area contributed by atoms with E-state index in [2.05, 4.69) is 4.98 Å². The van der Waals surface area contributed by atoms with Crippen molar-refractivity contribution in [2.75, 3.05) is 0 Å². The Morgan fingerprint density at radius 3 is 2.28 bits per heavy atom. The fourth-order valence-corrected chi connectivity index (χ4v) is 2.48. The van der Waals surface area contributed by atoms with E-state index in [1.165, 1.54) is 35.6 Å². The van der Waals surface area contributed by atoms with Crippen molar-refractivity contribution in [1.29, 1.82) is 0 Å². The number of pyridine rings is 1. The Labute approximate surface area is 144 Å². The number of hydrogen-bond acceptors (Lipinski definition) is 5. The van der Waals surface area contributed by atoms with Crippen LogP contribution in [0.5, 0.6) is 17.4 Å². The molecule has 0 atom stereocenters. The van der Waals surface area contributed by atoms with Gasteiger partial charge in [0.25, 0.3) is 0 Å². The summed E-state index contributed by atoms with van der Waals surface area (Å²) < 4.78 is 48.0. The quantitative estimate of drug-likeness (QED) is 0.473. The molecule has 0 aliphatic rings. The zero-order valence-corrected chi connectivity index (χ0v) is 13.3. The second-order valence-electron chi connectivity index (χ2n) is 4.86. The van der Waals surface area contributed by atoms with Gasteiger partial charge in [0.15, 0.2) is 0 Å². The molecule has 0 saturated carbocycles. The average Bonchev–Trinajstić information content (AvgIpc) is 3.11. The summed E-state index contributed by atoms with van der Waals surface area (Å²) >= 11 is 1.39. The van der Waals surface area contributed by atoms with Crippen LogP contribution in [0.3, 0.4) is 0 Å². The van der Waals surface area contributed by atoms with Crippen LogP contribution in [-0.2, 0) is 6.18 Å². The van der Waals surface area contributed by atoms with Gasteiger partial charge in [-0.05, 0) is 41.8 Å². The molecule has 25 heavy (non-hydrogen) atoms. The molecule has 128 valence electrons. The molecule has 1 aromatic carbocycles. The number of thiophene rings is 1. The minimum atomic E-state index is -4.44. The molecule has 3 aromatic rings. The molecular formula is C17H10F3NO3S. The molecule has 0 saturated heterocycles. The summed E-state index contributed by atoms with van der Waals surface area (Å²) in [5.41, 5.74) is -0.394. The van der Waals surface area contributed by atoms with Crippen molar-refractivity contribution in [2.45, 2.75) is 6.18 Å². The number of nitrogens with zero attached hydrogens (tertiary/aromatic N) is 1. The van der Waals surface area contributed by atoms with Crippen LogP contribution in [-0.4, -0.2) is 11.0 Å². The van der Waals surface area contributed by atoms with E-state index >= 15 is 0 Å². The number of hydrogen-bond donors (Lipinski definition) is 0. The summed E-state index contributed by atoms with van der Waals surface area (Å²) in [6, 6.07) is 9.76. The van der Waals surface area contributed by atoms with Gasteiger partial charge in [-0.1, -0.05) is 0 Å². The molecular weight excluding hydrogens is 355 g/mol. The van der Waals surface area contributed by atoms with E-state index in [0.717, 1.165) is 12.1 Å². The lowest BCUT2D eigenvalue weighted by atomic mass is 10.3. The molecule has 0 aliphatic heterocycles. The van der Waals surface area contributed by atoms with Gasteiger partial charge in [-0.3, -0.25) is 0 Å². The van der Waals surface area contributed by atoms with E-state index < -0.39 is 17.7 Å². The van der Waals surface area contributed by atoms with Gasteiger partial charge < -0.3 is 9.47 Å². The van der Waals surface area contributed by atoms with Gasteiger partial charge in [-0.2, -0.15) is 24.5 Å². The molecule has 2 heterocycles. The minimum Gasteiger partial charge on any atom is -0.439 e. The minimum absolute atomic E-state index is 0.0241. The van der Waals surface area contributed by atoms with Crippen molar-refractivity contribution in [2.24, 2.45) is 0 Å². The maximum Gasteiger partial charge on any atom is 0.417 e. The number of alkyl halides is 3. The third-order valence-corrected chi connectivity index (χ3v) is 3.76. The second-order valence-corrected chi connectivity index (χ2v) is 5.64. The Morgan fingerprint density at radius 1 is 1.00 bits per heavy atom. The molecule has 0 radical (unpaired) electrons. The van der Waals surface area contributed by atoms with Crippen LogP contribution < -0.4 is 9.47 Å². The van der Waals surface area contributed by atoms with Crippen molar-refractivity contribution >= 4 is 17.3 Å². The Hall–Kier alpha value is -2.87. The molecule has 2 aromatic heterocycles. The SMILES string of the molecule is O=C(Oc1ccc(Oc2ccc(C(F)(F)F)cn2)cc1)c1ccsc1. The van der Waals surface area contributed by atoms with Crippen molar-refractivity contribution in [3.8, 4) is 17.4 Å². The van der Waals surface area contributed by atoms with Crippen LogP contribution in [0.25, 0.3) is 0 Å². The molecule has 0 amide bonds. The van der Waals surface area contributed by atoms with Crippen LogP contribution in [0.15, 0.2) is 59.4 Å². The summed E-state index contributed by atoms with van der Waals surface area (Å²) in [4.78, 5) is 15.4. The smallest absolute Gasteiger partial charge is 0.417 e. The van der Waals surface area contributed by atoms with Crippen LogP contribution in [0.4, 0.5) is 13.2 Å². The maximum absolute atomic E-state index is 12.5. The summed E-state index contributed by atoms with van der Waals surface area (Å²) in [7, 11) is 0. The fourth-order valence-electron chi connectivity index (χ4n) is 1.85. The Morgan fingerprint density at radius 2 is 1.72 bits per heavy atom. The van der Waals surface area contributed by atoms with Gasteiger partial charge in [0, 0.05) is 17.6 Å². The molecule has 4 nitrogen and oxygen atoms in total. The lowest BCUT2D eigenvalue weighted by Crippen LogP contribution is -2.06. The normalized spacial score (nSPS) is 11.2. The molecule has 3 rings (SSSR count). The first kappa shape index (κ1) is 17.0. The monoisotopic (exact) mass is 365 g/mol. The number of carbonyl (C=O) groups excluding carboxylic acids is 1. The Bertz CT molecular complexity index is 844. The van der Waals surface area contributed by atoms with E-state index in [9.17, 15) is 18.0 Å². The summed E-state index contributed by atoms with van der Waals surface area (Å²) in [5, 5.41) is 3.45. The second kappa shape index (κ2) is 6.94. The van der Waals surface area contributed by atoms with Crippen LogP contribution >= 0.6 is 11.3 Å². The van der Waals surface area contributed by atoms with E-state index in [0.29, 0.717) is 23.3 Å². The van der Waals surface area contributed by atoms with Crippen molar-refractivity contribution < 1.29 is 27.4 Å². The zero-order valence-electron chi connectivity index (χ0n) is 12.5. The van der Waals surface area contributed by atoms with E-state index in [-0.39, 0.29) is 5.88 Å². The highest BCUT2D eigenvalue weighted by atomic mass is 32.1. The maximum atomic E-state index is 12.5.